The first kappa shape index (κ1) is 33.8. The maximum Gasteiger partial charge on any atom is 0.297 e. The van der Waals surface area contributed by atoms with Gasteiger partial charge in [0.05, 0.1) is 48.8 Å². The van der Waals surface area contributed by atoms with Gasteiger partial charge in [0.15, 0.2) is 0 Å². The summed E-state index contributed by atoms with van der Waals surface area (Å²) in [4.78, 5) is 5.35. The van der Waals surface area contributed by atoms with E-state index < -0.39 is 16.2 Å². The van der Waals surface area contributed by atoms with Crippen molar-refractivity contribution >= 4 is 33.1 Å². The fraction of sp³-hybridized carbons (Fsp3) is 0.314. The van der Waals surface area contributed by atoms with Crippen LogP contribution in [0, 0.1) is 0 Å². The zero-order valence-electron chi connectivity index (χ0n) is 26.1. The molecule has 1 aliphatic heterocycles. The molecule has 3 aromatic carbocycles. The van der Waals surface area contributed by atoms with Gasteiger partial charge in [0.1, 0.15) is 23.7 Å². The molecule has 0 radical (unpaired) electrons. The molecule has 5 rings (SSSR count). The number of halogens is 1. The van der Waals surface area contributed by atoms with Crippen LogP contribution in [0.5, 0.6) is 11.5 Å². The van der Waals surface area contributed by atoms with E-state index in [-0.39, 0.29) is 17.1 Å². The first-order valence-corrected chi connectivity index (χ1v) is 17.7. The fourth-order valence-corrected chi connectivity index (χ4v) is 7.22. The van der Waals surface area contributed by atoms with Crippen LogP contribution in [-0.4, -0.2) is 57.8 Å². The summed E-state index contributed by atoms with van der Waals surface area (Å²) in [6.07, 6.45) is 3.79. The summed E-state index contributed by atoms with van der Waals surface area (Å²) in [6.45, 7) is 5.91. The van der Waals surface area contributed by atoms with Crippen molar-refractivity contribution in [3.63, 3.8) is 0 Å². The average molecular weight is 683 g/mol. The van der Waals surface area contributed by atoms with Gasteiger partial charge in [-0.3, -0.25) is 4.18 Å². The minimum absolute atomic E-state index is 0.0255. The molecule has 0 bridgehead atoms. The van der Waals surface area contributed by atoms with Crippen LogP contribution in [0.2, 0.25) is 4.34 Å². The van der Waals surface area contributed by atoms with Crippen molar-refractivity contribution in [2.45, 2.75) is 43.5 Å². The number of methoxy groups -OCH3 is 1. The normalized spacial score (nSPS) is 14.5. The van der Waals surface area contributed by atoms with Gasteiger partial charge in [0, 0.05) is 17.3 Å². The molecule has 0 aliphatic carbocycles. The molecule has 0 amide bonds. The maximum absolute atomic E-state index is 13.3. The summed E-state index contributed by atoms with van der Waals surface area (Å²) in [5.41, 5.74) is 1.90. The van der Waals surface area contributed by atoms with E-state index in [1.807, 2.05) is 91.8 Å². The zero-order valence-corrected chi connectivity index (χ0v) is 28.5. The number of thiophene rings is 1. The van der Waals surface area contributed by atoms with Gasteiger partial charge in [-0.1, -0.05) is 54.1 Å². The van der Waals surface area contributed by atoms with Crippen LogP contribution >= 0.6 is 22.9 Å². The molecule has 2 unspecified atom stereocenters. The van der Waals surface area contributed by atoms with Crippen molar-refractivity contribution in [1.82, 2.24) is 9.80 Å². The molecule has 244 valence electrons. The van der Waals surface area contributed by atoms with Crippen molar-refractivity contribution in [3.8, 4) is 11.5 Å². The van der Waals surface area contributed by atoms with Crippen molar-refractivity contribution in [2.24, 2.45) is 0 Å². The summed E-state index contributed by atoms with van der Waals surface area (Å²) >= 11 is 7.80. The third-order valence-electron chi connectivity index (χ3n) is 7.33. The Labute approximate surface area is 280 Å². The van der Waals surface area contributed by atoms with Gasteiger partial charge in [-0.25, -0.2) is 0 Å². The highest BCUT2D eigenvalue weighted by atomic mass is 35.5. The van der Waals surface area contributed by atoms with E-state index in [1.54, 1.807) is 25.3 Å². The Bertz CT molecular complexity index is 1660. The van der Waals surface area contributed by atoms with Crippen LogP contribution in [0.3, 0.4) is 0 Å². The Balaban J connectivity index is 1.25. The summed E-state index contributed by atoms with van der Waals surface area (Å²) in [5, 5.41) is 0. The molecule has 0 N–H and O–H groups in total. The molecule has 0 spiro atoms. The van der Waals surface area contributed by atoms with E-state index in [9.17, 15) is 8.42 Å². The van der Waals surface area contributed by atoms with E-state index >= 15 is 0 Å². The van der Waals surface area contributed by atoms with E-state index in [0.717, 1.165) is 28.2 Å². The Morgan fingerprint density at radius 1 is 0.826 bits per heavy atom. The lowest BCUT2D eigenvalue weighted by Crippen LogP contribution is -2.32. The molecule has 0 fully saturated rings. The van der Waals surface area contributed by atoms with Crippen LogP contribution in [0.4, 0.5) is 0 Å². The number of ether oxygens (including phenoxy) is 3. The van der Waals surface area contributed by atoms with E-state index in [1.165, 1.54) is 23.5 Å². The van der Waals surface area contributed by atoms with Crippen molar-refractivity contribution in [2.75, 3.05) is 33.5 Å². The zero-order chi connectivity index (χ0) is 32.5. The van der Waals surface area contributed by atoms with Crippen LogP contribution < -0.4 is 9.47 Å². The monoisotopic (exact) mass is 682 g/mol. The molecular formula is C35H39ClN2O6S2. The van der Waals surface area contributed by atoms with Gasteiger partial charge in [-0.05, 0) is 79.9 Å². The number of rotatable bonds is 16. The molecule has 0 saturated heterocycles. The number of hydrogen-bond acceptors (Lipinski definition) is 9. The number of benzene rings is 3. The number of nitrogens with zero attached hydrogens (tertiary/aromatic N) is 2. The maximum atomic E-state index is 13.3. The van der Waals surface area contributed by atoms with Crippen LogP contribution in [-0.2, 0) is 25.5 Å². The minimum Gasteiger partial charge on any atom is -0.497 e. The molecule has 46 heavy (non-hydrogen) atoms. The SMILES string of the molecule is COc1ccc(CCOC(CN2C=CN(CC(OS(=O)(=O)c3ccccc3)c3ccc(OC(C)C)cc3)C2)c2ccc(Cl)s2)cc1. The van der Waals surface area contributed by atoms with Gasteiger partial charge in [-0.15, -0.1) is 11.3 Å². The standard InChI is InChI=1S/C35H39ClN2O6S2/c1-26(2)43-30-15-11-28(12-16-30)32(44-46(39,40)31-7-5-4-6-8-31)23-37-20-21-38(25-37)24-33(34-17-18-35(36)45-34)42-22-19-27-9-13-29(41-3)14-10-27/h4-18,20-21,26,32-33H,19,22-25H2,1-3H3. The third kappa shape index (κ3) is 9.49. The molecule has 4 aromatic rings. The first-order chi connectivity index (χ1) is 22.2. The van der Waals surface area contributed by atoms with Gasteiger partial charge in [0.2, 0.25) is 0 Å². The van der Waals surface area contributed by atoms with Crippen LogP contribution in [0.25, 0.3) is 0 Å². The van der Waals surface area contributed by atoms with Crippen molar-refractivity contribution in [1.29, 1.82) is 0 Å². The Kier molecular flexibility index (Phi) is 11.6. The van der Waals surface area contributed by atoms with Gasteiger partial charge >= 0.3 is 0 Å². The van der Waals surface area contributed by atoms with Crippen LogP contribution in [0.15, 0.2) is 108 Å². The van der Waals surface area contributed by atoms with E-state index in [4.69, 9.17) is 30.0 Å². The lowest BCUT2D eigenvalue weighted by molar-refractivity contribution is 0.0334. The molecule has 2 atom stereocenters. The van der Waals surface area contributed by atoms with Gasteiger partial charge in [0.25, 0.3) is 10.1 Å². The predicted octanol–water partition coefficient (Wildman–Crippen LogP) is 7.69. The molecular weight excluding hydrogens is 644 g/mol. The lowest BCUT2D eigenvalue weighted by atomic mass is 10.1. The summed E-state index contributed by atoms with van der Waals surface area (Å²) < 4.78 is 50.6. The van der Waals surface area contributed by atoms with Crippen molar-refractivity contribution in [3.05, 3.63) is 124 Å². The molecule has 1 aliphatic rings. The molecule has 0 saturated carbocycles. The first-order valence-electron chi connectivity index (χ1n) is 15.1. The fourth-order valence-electron chi connectivity index (χ4n) is 5.04. The minimum atomic E-state index is -4.02. The quantitative estimate of drug-likeness (QED) is 0.111. The molecule has 1 aromatic heterocycles. The smallest absolute Gasteiger partial charge is 0.297 e. The topological polar surface area (TPSA) is 77.5 Å². The Morgan fingerprint density at radius 2 is 1.48 bits per heavy atom. The second-order valence-electron chi connectivity index (χ2n) is 11.2. The highest BCUT2D eigenvalue weighted by molar-refractivity contribution is 7.86. The highest BCUT2D eigenvalue weighted by Crippen LogP contribution is 2.32. The number of hydrogen-bond donors (Lipinski definition) is 0. The lowest BCUT2D eigenvalue weighted by Gasteiger charge is -2.28. The van der Waals surface area contributed by atoms with Gasteiger partial charge < -0.3 is 24.0 Å². The third-order valence-corrected chi connectivity index (χ3v) is 9.99. The molecule has 11 heteroatoms. The summed E-state index contributed by atoms with van der Waals surface area (Å²) in [5.74, 6) is 1.53. The van der Waals surface area contributed by atoms with Gasteiger partial charge in [-0.2, -0.15) is 8.42 Å². The largest absolute Gasteiger partial charge is 0.497 e. The van der Waals surface area contributed by atoms with E-state index in [2.05, 4.69) is 4.90 Å². The van der Waals surface area contributed by atoms with Crippen molar-refractivity contribution < 1.29 is 26.8 Å². The van der Waals surface area contributed by atoms with Crippen LogP contribution in [0.1, 0.15) is 42.1 Å². The Hall–Kier alpha value is -3.54. The second kappa shape index (κ2) is 15.8. The Morgan fingerprint density at radius 3 is 2.09 bits per heavy atom. The summed E-state index contributed by atoms with van der Waals surface area (Å²) in [6, 6.07) is 27.5. The molecule has 8 nitrogen and oxygen atoms in total. The van der Waals surface area contributed by atoms with E-state index in [0.29, 0.717) is 36.5 Å². The highest BCUT2D eigenvalue weighted by Gasteiger charge is 2.27. The second-order valence-corrected chi connectivity index (χ2v) is 14.5. The molecule has 2 heterocycles. The average Bonchev–Trinajstić information content (AvgIpc) is 3.69. The summed E-state index contributed by atoms with van der Waals surface area (Å²) in [7, 11) is -2.36. The predicted molar refractivity (Wildman–Crippen MR) is 182 cm³/mol.